The average Bonchev–Trinajstić information content (AvgIpc) is 2.45. The van der Waals surface area contributed by atoms with Crippen LogP contribution in [0.25, 0.3) is 0 Å². The van der Waals surface area contributed by atoms with Gasteiger partial charge in [-0.15, -0.1) is 0 Å². The summed E-state index contributed by atoms with van der Waals surface area (Å²) in [6.45, 7) is 3.00. The molecule has 0 radical (unpaired) electrons. The molecule has 0 spiro atoms. The van der Waals surface area contributed by atoms with Crippen LogP contribution in [-0.4, -0.2) is 17.4 Å². The molecule has 0 fully saturated rings. The predicted octanol–water partition coefficient (Wildman–Crippen LogP) is 4.48. The number of hydrogen-bond donors (Lipinski definition) is 2. The Kier molecular flexibility index (Phi) is 15.3. The summed E-state index contributed by atoms with van der Waals surface area (Å²) in [6, 6.07) is 0. The lowest BCUT2D eigenvalue weighted by molar-refractivity contribution is -0.121. The second kappa shape index (κ2) is 15.7. The van der Waals surface area contributed by atoms with E-state index < -0.39 is 0 Å². The highest BCUT2D eigenvalue weighted by Gasteiger charge is 2.00. The van der Waals surface area contributed by atoms with E-state index in [0.717, 1.165) is 32.2 Å². The standard InChI is InChI=1S/C17H34N2OS/c1-2-3-4-5-6-7-8-9-10-14-17(20)19-15-12-11-13-16(18)21/h2-15H2,1H3,(H2,18,21)(H,19,20). The van der Waals surface area contributed by atoms with E-state index in [1.54, 1.807) is 0 Å². The van der Waals surface area contributed by atoms with Crippen molar-refractivity contribution in [1.29, 1.82) is 0 Å². The Morgan fingerprint density at radius 1 is 0.857 bits per heavy atom. The Bertz CT molecular complexity index is 270. The fourth-order valence-corrected chi connectivity index (χ4v) is 2.48. The van der Waals surface area contributed by atoms with E-state index in [1.165, 1.54) is 51.4 Å². The van der Waals surface area contributed by atoms with Gasteiger partial charge < -0.3 is 11.1 Å². The van der Waals surface area contributed by atoms with Crippen LogP contribution in [-0.2, 0) is 4.79 Å². The fourth-order valence-electron chi connectivity index (χ4n) is 2.34. The van der Waals surface area contributed by atoms with Crippen LogP contribution in [0.3, 0.4) is 0 Å². The van der Waals surface area contributed by atoms with Gasteiger partial charge in [0.05, 0.1) is 4.99 Å². The Hall–Kier alpha value is -0.640. The summed E-state index contributed by atoms with van der Waals surface area (Å²) in [7, 11) is 0. The van der Waals surface area contributed by atoms with Crippen LogP contribution in [0, 0.1) is 0 Å². The first-order valence-corrected chi connectivity index (χ1v) is 9.12. The first kappa shape index (κ1) is 20.4. The van der Waals surface area contributed by atoms with Gasteiger partial charge in [-0.25, -0.2) is 0 Å². The van der Waals surface area contributed by atoms with Crippen LogP contribution in [0.1, 0.15) is 90.4 Å². The molecule has 4 heteroatoms. The highest BCUT2D eigenvalue weighted by Crippen LogP contribution is 2.10. The van der Waals surface area contributed by atoms with Gasteiger partial charge in [-0.3, -0.25) is 4.79 Å². The van der Waals surface area contributed by atoms with Crippen molar-refractivity contribution in [3.63, 3.8) is 0 Å². The monoisotopic (exact) mass is 314 g/mol. The van der Waals surface area contributed by atoms with Crippen LogP contribution < -0.4 is 11.1 Å². The van der Waals surface area contributed by atoms with Gasteiger partial charge in [0.15, 0.2) is 0 Å². The molecule has 0 atom stereocenters. The molecule has 0 aromatic rings. The molecule has 0 aromatic heterocycles. The third-order valence-corrected chi connectivity index (χ3v) is 3.88. The van der Waals surface area contributed by atoms with Crippen LogP contribution in [0.5, 0.6) is 0 Å². The third-order valence-electron chi connectivity index (χ3n) is 3.68. The molecule has 21 heavy (non-hydrogen) atoms. The van der Waals surface area contributed by atoms with E-state index in [1.807, 2.05) is 0 Å². The Morgan fingerprint density at radius 2 is 1.38 bits per heavy atom. The van der Waals surface area contributed by atoms with E-state index in [9.17, 15) is 4.79 Å². The SMILES string of the molecule is CCCCCCCCCCCC(=O)NCCCCC(N)=S. The number of thiocarbonyl (C=S) groups is 1. The predicted molar refractivity (Wildman–Crippen MR) is 95.5 cm³/mol. The van der Waals surface area contributed by atoms with E-state index in [4.69, 9.17) is 18.0 Å². The number of nitrogens with one attached hydrogen (secondary N) is 1. The van der Waals surface area contributed by atoms with E-state index >= 15 is 0 Å². The summed E-state index contributed by atoms with van der Waals surface area (Å²) in [5, 5.41) is 2.96. The number of unbranched alkanes of at least 4 members (excludes halogenated alkanes) is 9. The number of hydrogen-bond acceptors (Lipinski definition) is 2. The van der Waals surface area contributed by atoms with E-state index in [-0.39, 0.29) is 5.91 Å². The van der Waals surface area contributed by atoms with E-state index in [0.29, 0.717) is 11.4 Å². The summed E-state index contributed by atoms with van der Waals surface area (Å²) >= 11 is 4.81. The number of amides is 1. The topological polar surface area (TPSA) is 55.1 Å². The molecule has 0 aliphatic rings. The van der Waals surface area contributed by atoms with Gasteiger partial charge in [-0.1, -0.05) is 70.5 Å². The van der Waals surface area contributed by atoms with Crippen molar-refractivity contribution >= 4 is 23.1 Å². The maximum Gasteiger partial charge on any atom is 0.219 e. The second-order valence-corrected chi connectivity index (χ2v) is 6.38. The van der Waals surface area contributed by atoms with Crippen molar-refractivity contribution in [2.24, 2.45) is 5.73 Å². The molecule has 1 amide bonds. The van der Waals surface area contributed by atoms with Crippen molar-refractivity contribution in [3.05, 3.63) is 0 Å². The summed E-state index contributed by atoms with van der Waals surface area (Å²) in [5.74, 6) is 0.188. The molecule has 0 aliphatic heterocycles. The normalized spacial score (nSPS) is 10.5. The molecule has 3 N–H and O–H groups in total. The first-order chi connectivity index (χ1) is 10.2. The smallest absolute Gasteiger partial charge is 0.219 e. The minimum absolute atomic E-state index is 0.188. The minimum Gasteiger partial charge on any atom is -0.393 e. The number of rotatable bonds is 15. The van der Waals surface area contributed by atoms with Gasteiger partial charge in [-0.05, 0) is 25.7 Å². The Morgan fingerprint density at radius 3 is 1.95 bits per heavy atom. The van der Waals surface area contributed by atoms with Gasteiger partial charge in [-0.2, -0.15) is 0 Å². The first-order valence-electron chi connectivity index (χ1n) is 8.71. The Balaban J connectivity index is 3.17. The Labute approximate surface area is 136 Å². The van der Waals surface area contributed by atoms with Gasteiger partial charge in [0.1, 0.15) is 0 Å². The molecule has 3 nitrogen and oxygen atoms in total. The van der Waals surface area contributed by atoms with Crippen molar-refractivity contribution in [1.82, 2.24) is 5.32 Å². The summed E-state index contributed by atoms with van der Waals surface area (Å²) in [4.78, 5) is 12.2. The molecule has 0 saturated carbocycles. The lowest BCUT2D eigenvalue weighted by Crippen LogP contribution is -2.24. The molecular formula is C17H34N2OS. The summed E-state index contributed by atoms with van der Waals surface area (Å²) < 4.78 is 0. The van der Waals surface area contributed by atoms with Crippen LogP contribution in [0.15, 0.2) is 0 Å². The number of nitrogens with two attached hydrogens (primary N) is 1. The van der Waals surface area contributed by atoms with Crippen molar-refractivity contribution in [2.45, 2.75) is 90.4 Å². The fraction of sp³-hybridized carbons (Fsp3) is 0.882. The lowest BCUT2D eigenvalue weighted by atomic mass is 10.1. The largest absolute Gasteiger partial charge is 0.393 e. The summed E-state index contributed by atoms with van der Waals surface area (Å²) in [6.07, 6.45) is 15.0. The molecule has 0 aliphatic carbocycles. The maximum absolute atomic E-state index is 11.6. The lowest BCUT2D eigenvalue weighted by Gasteiger charge is -2.05. The second-order valence-electron chi connectivity index (χ2n) is 5.85. The molecule has 124 valence electrons. The quantitative estimate of drug-likeness (QED) is 0.346. The molecule has 0 saturated heterocycles. The molecule has 0 aromatic carbocycles. The number of carbonyl (C=O) groups is 1. The molecule has 0 rings (SSSR count). The molecular weight excluding hydrogens is 280 g/mol. The molecule has 0 unspecified atom stereocenters. The third kappa shape index (κ3) is 17.3. The maximum atomic E-state index is 11.6. The highest BCUT2D eigenvalue weighted by atomic mass is 32.1. The average molecular weight is 315 g/mol. The van der Waals surface area contributed by atoms with Crippen molar-refractivity contribution < 1.29 is 4.79 Å². The summed E-state index contributed by atoms with van der Waals surface area (Å²) in [5.41, 5.74) is 5.42. The van der Waals surface area contributed by atoms with Gasteiger partial charge in [0.25, 0.3) is 0 Å². The van der Waals surface area contributed by atoms with Gasteiger partial charge in [0.2, 0.25) is 5.91 Å². The number of carbonyl (C=O) groups excluding carboxylic acids is 1. The molecule has 0 heterocycles. The minimum atomic E-state index is 0.188. The highest BCUT2D eigenvalue weighted by molar-refractivity contribution is 7.80. The van der Waals surface area contributed by atoms with Crippen LogP contribution in [0.4, 0.5) is 0 Å². The van der Waals surface area contributed by atoms with E-state index in [2.05, 4.69) is 12.2 Å². The van der Waals surface area contributed by atoms with Gasteiger partial charge in [0, 0.05) is 13.0 Å². The van der Waals surface area contributed by atoms with Crippen LogP contribution in [0.2, 0.25) is 0 Å². The zero-order valence-electron chi connectivity index (χ0n) is 13.8. The zero-order chi connectivity index (χ0) is 15.8. The van der Waals surface area contributed by atoms with Crippen LogP contribution >= 0.6 is 12.2 Å². The molecule has 0 bridgehead atoms. The van der Waals surface area contributed by atoms with Crippen molar-refractivity contribution in [2.75, 3.05) is 6.54 Å². The van der Waals surface area contributed by atoms with Crippen molar-refractivity contribution in [3.8, 4) is 0 Å². The zero-order valence-corrected chi connectivity index (χ0v) is 14.6. The van der Waals surface area contributed by atoms with Gasteiger partial charge >= 0.3 is 0 Å².